The van der Waals surface area contributed by atoms with Gasteiger partial charge in [0.15, 0.2) is 5.70 Å². The quantitative estimate of drug-likeness (QED) is 0.494. The van der Waals surface area contributed by atoms with Gasteiger partial charge in [-0.3, -0.25) is 0 Å². The van der Waals surface area contributed by atoms with Gasteiger partial charge in [-0.2, -0.15) is 0 Å². The lowest BCUT2D eigenvalue weighted by Crippen LogP contribution is -2.50. The van der Waals surface area contributed by atoms with Crippen LogP contribution in [0.25, 0.3) is 0 Å². The molecule has 4 saturated carbocycles. The van der Waals surface area contributed by atoms with Gasteiger partial charge in [-0.1, -0.05) is 32.0 Å². The van der Waals surface area contributed by atoms with E-state index in [9.17, 15) is 4.79 Å². The Morgan fingerprint density at radius 2 is 1.67 bits per heavy atom. The minimum atomic E-state index is -0.284. The fourth-order valence-electron chi connectivity index (χ4n) is 7.48. The van der Waals surface area contributed by atoms with Gasteiger partial charge < -0.3 is 9.64 Å². The third-order valence-electron chi connectivity index (χ3n) is 8.45. The van der Waals surface area contributed by atoms with E-state index in [-0.39, 0.29) is 16.8 Å². The summed E-state index contributed by atoms with van der Waals surface area (Å²) >= 11 is 0. The first-order valence-electron chi connectivity index (χ1n) is 11.4. The van der Waals surface area contributed by atoms with E-state index in [2.05, 4.69) is 56.1 Å². The van der Waals surface area contributed by atoms with E-state index in [1.807, 2.05) is 6.08 Å². The molecule has 6 aliphatic rings. The Morgan fingerprint density at radius 1 is 1.03 bits per heavy atom. The van der Waals surface area contributed by atoms with Crippen LogP contribution >= 0.6 is 0 Å². The third kappa shape index (κ3) is 2.52. The highest BCUT2D eigenvalue weighted by Gasteiger charge is 2.55. The Balaban J connectivity index is 1.33. The van der Waals surface area contributed by atoms with Crippen molar-refractivity contribution in [1.82, 2.24) is 0 Å². The van der Waals surface area contributed by atoms with Crippen LogP contribution in [0.5, 0.6) is 0 Å². The van der Waals surface area contributed by atoms with Crippen LogP contribution < -0.4 is 4.90 Å². The van der Waals surface area contributed by atoms with Crippen molar-refractivity contribution in [1.29, 1.82) is 0 Å². The van der Waals surface area contributed by atoms with Gasteiger partial charge in [0.1, 0.15) is 0 Å². The topological polar surface area (TPSA) is 41.9 Å². The van der Waals surface area contributed by atoms with Crippen molar-refractivity contribution in [2.75, 3.05) is 11.9 Å². The van der Waals surface area contributed by atoms with Crippen molar-refractivity contribution in [3.8, 4) is 0 Å². The van der Waals surface area contributed by atoms with Crippen LogP contribution in [0, 0.1) is 23.2 Å². The van der Waals surface area contributed by atoms with Crippen molar-refractivity contribution in [2.24, 2.45) is 28.2 Å². The Morgan fingerprint density at radius 3 is 2.30 bits per heavy atom. The summed E-state index contributed by atoms with van der Waals surface area (Å²) in [5.41, 5.74) is 4.06. The molecule has 4 aliphatic carbocycles. The Labute approximate surface area is 178 Å². The maximum atomic E-state index is 12.7. The molecule has 156 valence electrons. The second-order valence-corrected chi connectivity index (χ2v) is 10.8. The van der Waals surface area contributed by atoms with Crippen LogP contribution in [0.4, 0.5) is 5.69 Å². The fourth-order valence-corrected chi connectivity index (χ4v) is 7.48. The molecular formula is C26H30N2O2. The summed E-state index contributed by atoms with van der Waals surface area (Å²) in [4.78, 5) is 19.7. The van der Waals surface area contributed by atoms with Gasteiger partial charge in [0.05, 0.1) is 0 Å². The minimum Gasteiger partial charge on any atom is -0.406 e. The van der Waals surface area contributed by atoms with E-state index < -0.39 is 0 Å². The van der Waals surface area contributed by atoms with Crippen molar-refractivity contribution in [3.05, 3.63) is 53.4 Å². The highest BCUT2D eigenvalue weighted by molar-refractivity contribution is 6.06. The molecule has 1 aromatic carbocycles. The van der Waals surface area contributed by atoms with Gasteiger partial charge in [0.25, 0.3) is 0 Å². The fraction of sp³-hybridized carbons (Fsp3) is 0.538. The molecule has 0 saturated heterocycles. The van der Waals surface area contributed by atoms with E-state index >= 15 is 0 Å². The first kappa shape index (κ1) is 18.4. The molecule has 4 fully saturated rings. The van der Waals surface area contributed by atoms with Gasteiger partial charge in [0, 0.05) is 29.3 Å². The van der Waals surface area contributed by atoms with Crippen LogP contribution in [0.3, 0.4) is 0 Å². The summed E-state index contributed by atoms with van der Waals surface area (Å²) in [7, 11) is 2.09. The molecule has 0 spiro atoms. The van der Waals surface area contributed by atoms with Gasteiger partial charge >= 0.3 is 5.97 Å². The number of rotatable bonds is 2. The number of hydrogen-bond acceptors (Lipinski definition) is 4. The molecule has 4 nitrogen and oxygen atoms in total. The average Bonchev–Trinajstić information content (AvgIpc) is 3.16. The molecule has 0 unspecified atom stereocenters. The van der Waals surface area contributed by atoms with E-state index in [0.717, 1.165) is 42.9 Å². The summed E-state index contributed by atoms with van der Waals surface area (Å²) in [5, 5.41) is 0. The summed E-state index contributed by atoms with van der Waals surface area (Å²) in [5.74, 6) is 2.85. The maximum Gasteiger partial charge on any atom is 0.363 e. The van der Waals surface area contributed by atoms with E-state index in [0.29, 0.717) is 5.70 Å². The first-order chi connectivity index (χ1) is 14.4. The zero-order valence-corrected chi connectivity index (χ0v) is 18.1. The smallest absolute Gasteiger partial charge is 0.363 e. The van der Waals surface area contributed by atoms with E-state index in [4.69, 9.17) is 9.73 Å². The predicted molar refractivity (Wildman–Crippen MR) is 118 cm³/mol. The summed E-state index contributed by atoms with van der Waals surface area (Å²) < 4.78 is 5.81. The maximum absolute atomic E-state index is 12.7. The van der Waals surface area contributed by atoms with E-state index in [1.54, 1.807) is 0 Å². The molecule has 0 radical (unpaired) electrons. The number of carbonyl (C=O) groups excluding carboxylic acids is 1. The molecule has 30 heavy (non-hydrogen) atoms. The number of carbonyl (C=O) groups is 1. The second-order valence-electron chi connectivity index (χ2n) is 10.8. The number of aliphatic imine (C=N–C) groups is 1. The van der Waals surface area contributed by atoms with Gasteiger partial charge in [-0.15, -0.1) is 0 Å². The molecular weight excluding hydrogens is 372 g/mol. The standard InChI is InChI=1S/C26H30N2O2/c1-25(2)19-6-4-5-7-21(19)28(3)22(25)9-8-20-23(29)30-24(27-20)26-13-16-10-17(14-26)12-18(11-16)15-26/h4-9,16-18H,10-15H2,1-3H3/b20-8+,22-9-. The number of benzene rings is 1. The molecule has 2 heterocycles. The number of anilines is 1. The molecule has 1 aromatic rings. The minimum absolute atomic E-state index is 0.0206. The van der Waals surface area contributed by atoms with Gasteiger partial charge in [0.2, 0.25) is 5.90 Å². The number of esters is 1. The highest BCUT2D eigenvalue weighted by Crippen LogP contribution is 2.61. The lowest BCUT2D eigenvalue weighted by Gasteiger charge is -2.55. The third-order valence-corrected chi connectivity index (χ3v) is 8.45. The molecule has 0 aromatic heterocycles. The molecule has 0 N–H and O–H groups in total. The molecule has 0 amide bonds. The number of fused-ring (bicyclic) bond motifs is 1. The number of ether oxygens (including phenoxy) is 1. The number of cyclic esters (lactones) is 1. The SMILES string of the molecule is CN1/C(=C\C=C2\N=C(C34CC5CC(CC(C5)C3)C4)OC2=O)C(C)(C)c2ccccc21. The van der Waals surface area contributed by atoms with Gasteiger partial charge in [-0.25, -0.2) is 9.79 Å². The molecule has 4 heteroatoms. The lowest BCUT2D eigenvalue weighted by molar-refractivity contribution is -0.131. The number of likely N-dealkylation sites (N-methyl/N-ethyl adjacent to an activating group) is 1. The summed E-state index contributed by atoms with van der Waals surface area (Å²) in [6.45, 7) is 4.47. The predicted octanol–water partition coefficient (Wildman–Crippen LogP) is 5.35. The van der Waals surface area contributed by atoms with Crippen LogP contribution in [0.1, 0.15) is 57.9 Å². The van der Waals surface area contributed by atoms with Crippen molar-refractivity contribution < 1.29 is 9.53 Å². The largest absolute Gasteiger partial charge is 0.406 e. The molecule has 7 rings (SSSR count). The Hall–Kier alpha value is -2.36. The van der Waals surface area contributed by atoms with Crippen molar-refractivity contribution >= 4 is 17.6 Å². The summed E-state index contributed by atoms with van der Waals surface area (Å²) in [6.07, 6.45) is 11.5. The van der Waals surface area contributed by atoms with Crippen LogP contribution in [-0.2, 0) is 14.9 Å². The van der Waals surface area contributed by atoms with Crippen molar-refractivity contribution in [3.63, 3.8) is 0 Å². The Kier molecular flexibility index (Phi) is 3.74. The number of nitrogens with zero attached hydrogens (tertiary/aromatic N) is 2. The highest BCUT2D eigenvalue weighted by atomic mass is 16.6. The van der Waals surface area contributed by atoms with Crippen LogP contribution in [0.2, 0.25) is 0 Å². The van der Waals surface area contributed by atoms with Gasteiger partial charge in [-0.05, 0) is 80.1 Å². The van der Waals surface area contributed by atoms with Crippen LogP contribution in [0.15, 0.2) is 52.8 Å². The molecule has 2 aliphatic heterocycles. The summed E-state index contributed by atoms with van der Waals surface area (Å²) in [6, 6.07) is 8.50. The second kappa shape index (κ2) is 6.09. The zero-order valence-electron chi connectivity index (χ0n) is 18.1. The first-order valence-corrected chi connectivity index (χ1v) is 11.4. The Bertz CT molecular complexity index is 994. The zero-order chi connectivity index (χ0) is 20.7. The van der Waals surface area contributed by atoms with Crippen LogP contribution in [-0.4, -0.2) is 18.9 Å². The molecule has 0 atom stereocenters. The van der Waals surface area contributed by atoms with Crippen molar-refractivity contribution in [2.45, 2.75) is 57.8 Å². The normalized spacial score (nSPS) is 38.4. The lowest BCUT2D eigenvalue weighted by atomic mass is 9.49. The number of para-hydroxylation sites is 1. The average molecular weight is 403 g/mol. The molecule has 4 bridgehead atoms. The number of hydrogen-bond donors (Lipinski definition) is 0. The number of allylic oxidation sites excluding steroid dienone is 3. The monoisotopic (exact) mass is 402 g/mol. The van der Waals surface area contributed by atoms with E-state index in [1.165, 1.54) is 36.2 Å².